The van der Waals surface area contributed by atoms with Crippen molar-refractivity contribution in [3.8, 4) is 22.5 Å². The molecule has 1 N–H and O–H groups in total. The molecule has 172 valence electrons. The van der Waals surface area contributed by atoms with Crippen molar-refractivity contribution in [2.75, 3.05) is 31.1 Å². The fourth-order valence-corrected chi connectivity index (χ4v) is 4.78. The molecule has 34 heavy (non-hydrogen) atoms. The Morgan fingerprint density at radius 3 is 2.50 bits per heavy atom. The lowest BCUT2D eigenvalue weighted by atomic mass is 10.0. The largest absolute Gasteiger partial charge is 0.353 e. The first-order valence-electron chi connectivity index (χ1n) is 11.7. The van der Waals surface area contributed by atoms with Gasteiger partial charge in [0.2, 0.25) is 0 Å². The molecule has 0 radical (unpaired) electrons. The van der Waals surface area contributed by atoms with E-state index in [1.165, 1.54) is 12.1 Å². The summed E-state index contributed by atoms with van der Waals surface area (Å²) in [4.78, 5) is 17.4. The Morgan fingerprint density at radius 1 is 0.941 bits per heavy atom. The number of H-pyrrole nitrogens is 1. The van der Waals surface area contributed by atoms with Gasteiger partial charge in [-0.15, -0.1) is 5.10 Å². The van der Waals surface area contributed by atoms with Crippen LogP contribution in [-0.2, 0) is 0 Å². The normalized spacial score (nSPS) is 15.1. The molecule has 5 aromatic rings. The highest BCUT2D eigenvalue weighted by Crippen LogP contribution is 2.36. The summed E-state index contributed by atoms with van der Waals surface area (Å²) in [5, 5.41) is 6.05. The number of halogens is 1. The standard InChI is InChI=1S/C26H26FN7/c1-17(2)32-13-15-33(16-14-32)23-8-7-22-30-24(18-3-5-19(27)6-4-18)25(34(22)31-23)20-9-11-28-26-21(20)10-12-29-26/h3-12,17H,13-16H2,1-2H3,(H,28,29). The molecule has 0 aliphatic carbocycles. The van der Waals surface area contributed by atoms with Crippen molar-refractivity contribution in [2.24, 2.45) is 0 Å². The van der Waals surface area contributed by atoms with E-state index in [2.05, 4.69) is 33.6 Å². The van der Waals surface area contributed by atoms with Crippen LogP contribution in [0.3, 0.4) is 0 Å². The lowest BCUT2D eigenvalue weighted by Crippen LogP contribution is -2.49. The van der Waals surface area contributed by atoms with Gasteiger partial charge in [-0.1, -0.05) is 0 Å². The van der Waals surface area contributed by atoms with E-state index in [4.69, 9.17) is 10.1 Å². The summed E-state index contributed by atoms with van der Waals surface area (Å²) in [7, 11) is 0. The molecule has 0 amide bonds. The fourth-order valence-electron chi connectivity index (χ4n) is 4.78. The third-order valence-corrected chi connectivity index (χ3v) is 6.66. The summed E-state index contributed by atoms with van der Waals surface area (Å²) in [6.45, 7) is 8.38. The molecular weight excluding hydrogens is 429 g/mol. The molecule has 0 atom stereocenters. The van der Waals surface area contributed by atoms with Crippen LogP contribution in [0.5, 0.6) is 0 Å². The highest BCUT2D eigenvalue weighted by Gasteiger charge is 2.23. The number of rotatable bonds is 4. The maximum absolute atomic E-state index is 13.7. The van der Waals surface area contributed by atoms with E-state index >= 15 is 0 Å². The number of imidazole rings is 1. The number of hydrogen-bond donors (Lipinski definition) is 1. The second kappa shape index (κ2) is 8.22. The molecule has 4 aromatic heterocycles. The van der Waals surface area contributed by atoms with Crippen LogP contribution in [-0.4, -0.2) is 61.7 Å². The van der Waals surface area contributed by atoms with Gasteiger partial charge in [-0.25, -0.2) is 18.9 Å². The van der Waals surface area contributed by atoms with E-state index in [0.29, 0.717) is 6.04 Å². The van der Waals surface area contributed by atoms with Crippen LogP contribution < -0.4 is 4.90 Å². The summed E-state index contributed by atoms with van der Waals surface area (Å²) < 4.78 is 15.6. The SMILES string of the molecule is CC(C)N1CCN(c2ccc3nc(-c4ccc(F)cc4)c(-c4ccnc5[nH]ccc45)n3n2)CC1. The average Bonchev–Trinajstić information content (AvgIpc) is 3.49. The van der Waals surface area contributed by atoms with Crippen molar-refractivity contribution in [3.63, 3.8) is 0 Å². The minimum Gasteiger partial charge on any atom is -0.353 e. The number of pyridine rings is 1. The maximum atomic E-state index is 13.7. The second-order valence-corrected chi connectivity index (χ2v) is 8.99. The van der Waals surface area contributed by atoms with Crippen LogP contribution in [0.15, 0.2) is 60.9 Å². The highest BCUT2D eigenvalue weighted by molar-refractivity contribution is 5.96. The molecule has 8 heteroatoms. The number of anilines is 1. The van der Waals surface area contributed by atoms with Gasteiger partial charge < -0.3 is 9.88 Å². The number of piperazine rings is 1. The third kappa shape index (κ3) is 3.51. The molecule has 0 unspecified atom stereocenters. The molecule has 1 aliphatic rings. The zero-order chi connectivity index (χ0) is 23.2. The number of nitrogens with zero attached hydrogens (tertiary/aromatic N) is 6. The topological polar surface area (TPSA) is 65.4 Å². The first-order chi connectivity index (χ1) is 16.6. The minimum atomic E-state index is -0.271. The van der Waals surface area contributed by atoms with Crippen molar-refractivity contribution >= 4 is 22.5 Å². The third-order valence-electron chi connectivity index (χ3n) is 6.66. The van der Waals surface area contributed by atoms with Crippen molar-refractivity contribution < 1.29 is 4.39 Å². The van der Waals surface area contributed by atoms with Gasteiger partial charge in [0.15, 0.2) is 5.65 Å². The average molecular weight is 456 g/mol. The van der Waals surface area contributed by atoms with E-state index in [-0.39, 0.29) is 5.82 Å². The van der Waals surface area contributed by atoms with Crippen molar-refractivity contribution in [3.05, 3.63) is 66.7 Å². The predicted molar refractivity (Wildman–Crippen MR) is 132 cm³/mol. The highest BCUT2D eigenvalue weighted by atomic mass is 19.1. The zero-order valence-electron chi connectivity index (χ0n) is 19.2. The van der Waals surface area contributed by atoms with Crippen LogP contribution in [0.2, 0.25) is 0 Å². The van der Waals surface area contributed by atoms with Gasteiger partial charge in [-0.2, -0.15) is 0 Å². The molecular formula is C26H26FN7. The van der Waals surface area contributed by atoms with Gasteiger partial charge in [-0.05, 0) is 62.4 Å². The summed E-state index contributed by atoms with van der Waals surface area (Å²) in [5.74, 6) is 0.659. The predicted octanol–water partition coefficient (Wildman–Crippen LogP) is 4.61. The van der Waals surface area contributed by atoms with Crippen molar-refractivity contribution in [1.82, 2.24) is 29.5 Å². The van der Waals surface area contributed by atoms with Crippen LogP contribution in [0, 0.1) is 5.82 Å². The van der Waals surface area contributed by atoms with Crippen LogP contribution in [0.1, 0.15) is 13.8 Å². The van der Waals surface area contributed by atoms with Gasteiger partial charge in [0.1, 0.15) is 23.0 Å². The first kappa shape index (κ1) is 20.8. The quantitative estimate of drug-likeness (QED) is 0.429. The van der Waals surface area contributed by atoms with Gasteiger partial charge >= 0.3 is 0 Å². The Morgan fingerprint density at radius 2 is 1.74 bits per heavy atom. The lowest BCUT2D eigenvalue weighted by Gasteiger charge is -2.37. The molecule has 0 saturated carbocycles. The lowest BCUT2D eigenvalue weighted by molar-refractivity contribution is 0.209. The maximum Gasteiger partial charge on any atom is 0.155 e. The Bertz CT molecular complexity index is 1460. The van der Waals surface area contributed by atoms with E-state index in [9.17, 15) is 4.39 Å². The van der Waals surface area contributed by atoms with Crippen LogP contribution >= 0.6 is 0 Å². The fraction of sp³-hybridized carbons (Fsp3) is 0.269. The van der Waals surface area contributed by atoms with Gasteiger partial charge in [0, 0.05) is 61.1 Å². The molecule has 0 spiro atoms. The number of benzene rings is 1. The number of fused-ring (bicyclic) bond motifs is 2. The monoisotopic (exact) mass is 455 g/mol. The Kier molecular flexibility index (Phi) is 5.03. The smallest absolute Gasteiger partial charge is 0.155 e. The molecule has 1 saturated heterocycles. The molecule has 5 heterocycles. The van der Waals surface area contributed by atoms with Gasteiger partial charge in [-0.3, -0.25) is 4.90 Å². The van der Waals surface area contributed by atoms with Gasteiger partial charge in [0.25, 0.3) is 0 Å². The summed E-state index contributed by atoms with van der Waals surface area (Å²) >= 11 is 0. The molecule has 1 fully saturated rings. The van der Waals surface area contributed by atoms with E-state index in [1.54, 1.807) is 18.3 Å². The Labute approximate surface area is 196 Å². The first-order valence-corrected chi connectivity index (χ1v) is 11.7. The molecule has 1 aromatic carbocycles. The molecule has 6 rings (SSSR count). The van der Waals surface area contributed by atoms with Crippen LogP contribution in [0.4, 0.5) is 10.2 Å². The van der Waals surface area contributed by atoms with E-state index < -0.39 is 0 Å². The van der Waals surface area contributed by atoms with E-state index in [0.717, 1.165) is 71.2 Å². The summed E-state index contributed by atoms with van der Waals surface area (Å²) in [6, 6.07) is 15.1. The van der Waals surface area contributed by atoms with Crippen LogP contribution in [0.25, 0.3) is 39.2 Å². The summed E-state index contributed by atoms with van der Waals surface area (Å²) in [5.41, 5.74) is 5.01. The summed E-state index contributed by atoms with van der Waals surface area (Å²) in [6.07, 6.45) is 3.67. The minimum absolute atomic E-state index is 0.271. The number of aromatic nitrogens is 5. The van der Waals surface area contributed by atoms with E-state index in [1.807, 2.05) is 35.0 Å². The second-order valence-electron chi connectivity index (χ2n) is 8.99. The molecule has 1 aliphatic heterocycles. The number of hydrogen-bond acceptors (Lipinski definition) is 5. The van der Waals surface area contributed by atoms with Crippen molar-refractivity contribution in [2.45, 2.75) is 19.9 Å². The molecule has 7 nitrogen and oxygen atoms in total. The number of nitrogens with one attached hydrogen (secondary N) is 1. The Hall–Kier alpha value is -3.78. The van der Waals surface area contributed by atoms with Gasteiger partial charge in [0.05, 0.1) is 5.69 Å². The zero-order valence-corrected chi connectivity index (χ0v) is 19.2. The molecule has 0 bridgehead atoms. The Balaban J connectivity index is 1.52. The van der Waals surface area contributed by atoms with Crippen molar-refractivity contribution in [1.29, 1.82) is 0 Å². The number of aromatic amines is 1.